The smallest absolute Gasteiger partial charge is 0.262 e. The van der Waals surface area contributed by atoms with Crippen LogP contribution in [0.3, 0.4) is 0 Å². The Morgan fingerprint density at radius 1 is 1.15 bits per heavy atom. The second kappa shape index (κ2) is 7.80. The Labute approximate surface area is 160 Å². The number of fused-ring (bicyclic) bond motifs is 1. The lowest BCUT2D eigenvalue weighted by atomic mass is 9.95. The molecular weight excluding hydrogens is 344 g/mol. The summed E-state index contributed by atoms with van der Waals surface area (Å²) in [7, 11) is 0. The number of benzene rings is 1. The molecule has 0 aliphatic carbocycles. The summed E-state index contributed by atoms with van der Waals surface area (Å²) in [6.07, 6.45) is 4.20. The zero-order valence-corrected chi connectivity index (χ0v) is 16.3. The van der Waals surface area contributed by atoms with Gasteiger partial charge in [-0.3, -0.25) is 19.3 Å². The Bertz CT molecular complexity index is 745. The molecule has 27 heavy (non-hydrogen) atoms. The summed E-state index contributed by atoms with van der Waals surface area (Å²) in [6, 6.07) is 4.73. The van der Waals surface area contributed by atoms with Crippen LogP contribution in [0.1, 0.15) is 77.5 Å². The highest BCUT2D eigenvalue weighted by molar-refractivity contribution is 6.22. The summed E-state index contributed by atoms with van der Waals surface area (Å²) < 4.78 is 5.36. The molecule has 3 amide bonds. The van der Waals surface area contributed by atoms with Crippen molar-refractivity contribution in [2.45, 2.75) is 52.0 Å². The number of hydrogen-bond donors (Lipinski definition) is 1. The molecule has 2 aliphatic heterocycles. The Morgan fingerprint density at radius 3 is 2.48 bits per heavy atom. The van der Waals surface area contributed by atoms with Crippen LogP contribution in [0, 0.1) is 5.92 Å². The van der Waals surface area contributed by atoms with Crippen molar-refractivity contribution in [1.29, 1.82) is 0 Å². The molecule has 0 atom stereocenters. The van der Waals surface area contributed by atoms with E-state index in [0.29, 0.717) is 29.2 Å². The summed E-state index contributed by atoms with van der Waals surface area (Å²) >= 11 is 0. The van der Waals surface area contributed by atoms with Gasteiger partial charge in [-0.2, -0.15) is 0 Å². The summed E-state index contributed by atoms with van der Waals surface area (Å²) in [6.45, 7) is 7.74. The minimum Gasteiger partial charge on any atom is -0.381 e. The third kappa shape index (κ3) is 4.21. The van der Waals surface area contributed by atoms with Crippen LogP contribution in [-0.4, -0.2) is 47.9 Å². The molecule has 2 heterocycles. The van der Waals surface area contributed by atoms with Crippen LogP contribution in [0.5, 0.6) is 0 Å². The highest BCUT2D eigenvalue weighted by atomic mass is 16.5. The summed E-state index contributed by atoms with van der Waals surface area (Å²) in [5, 5.41) is 2.92. The van der Waals surface area contributed by atoms with E-state index in [9.17, 15) is 14.4 Å². The van der Waals surface area contributed by atoms with Gasteiger partial charge in [-0.05, 0) is 70.6 Å². The highest BCUT2D eigenvalue weighted by Gasteiger charge is 2.42. The molecule has 0 saturated carbocycles. The standard InChI is InChI=1S/C21H28N2O4/c1-21(2,3)23-19(25)16-7-6-15(13-17(16)20(23)26)18(24)22-10-4-5-14-8-11-27-12-9-14/h6-7,13-14H,4-5,8-12H2,1-3H3,(H,22,24). The van der Waals surface area contributed by atoms with Gasteiger partial charge in [-0.1, -0.05) is 0 Å². The van der Waals surface area contributed by atoms with Gasteiger partial charge in [0.25, 0.3) is 17.7 Å². The Morgan fingerprint density at radius 2 is 1.81 bits per heavy atom. The molecule has 0 unspecified atom stereocenters. The lowest BCUT2D eigenvalue weighted by Crippen LogP contribution is -2.45. The van der Waals surface area contributed by atoms with Crippen molar-refractivity contribution >= 4 is 17.7 Å². The quantitative estimate of drug-likeness (QED) is 0.637. The predicted octanol–water partition coefficient (Wildman–Crippen LogP) is 3.02. The molecule has 0 spiro atoms. The van der Waals surface area contributed by atoms with E-state index >= 15 is 0 Å². The van der Waals surface area contributed by atoms with Crippen LogP contribution >= 0.6 is 0 Å². The fourth-order valence-electron chi connectivity index (χ4n) is 3.72. The number of carbonyl (C=O) groups is 3. The summed E-state index contributed by atoms with van der Waals surface area (Å²) in [4.78, 5) is 38.8. The van der Waals surface area contributed by atoms with Crippen LogP contribution in [0.25, 0.3) is 0 Å². The Balaban J connectivity index is 1.59. The molecule has 0 radical (unpaired) electrons. The molecular formula is C21H28N2O4. The maximum absolute atomic E-state index is 12.6. The lowest BCUT2D eigenvalue weighted by Gasteiger charge is -2.29. The maximum atomic E-state index is 12.6. The minimum absolute atomic E-state index is 0.209. The van der Waals surface area contributed by atoms with E-state index in [1.807, 2.05) is 20.8 Å². The second-order valence-electron chi connectivity index (χ2n) is 8.33. The van der Waals surface area contributed by atoms with Crippen LogP contribution in [0.4, 0.5) is 0 Å². The summed E-state index contributed by atoms with van der Waals surface area (Å²) in [5.41, 5.74) is 0.493. The van der Waals surface area contributed by atoms with Crippen molar-refractivity contribution in [3.8, 4) is 0 Å². The topological polar surface area (TPSA) is 75.7 Å². The van der Waals surface area contributed by atoms with Crippen molar-refractivity contribution in [3.05, 3.63) is 34.9 Å². The first-order valence-electron chi connectivity index (χ1n) is 9.68. The molecule has 6 nitrogen and oxygen atoms in total. The maximum Gasteiger partial charge on any atom is 0.262 e. The number of ether oxygens (including phenoxy) is 1. The van der Waals surface area contributed by atoms with Gasteiger partial charge in [-0.25, -0.2) is 0 Å². The number of imide groups is 1. The van der Waals surface area contributed by atoms with Gasteiger partial charge in [0.15, 0.2) is 0 Å². The third-order valence-corrected chi connectivity index (χ3v) is 5.24. The van der Waals surface area contributed by atoms with Gasteiger partial charge >= 0.3 is 0 Å². The second-order valence-corrected chi connectivity index (χ2v) is 8.33. The molecule has 0 bridgehead atoms. The third-order valence-electron chi connectivity index (χ3n) is 5.24. The van der Waals surface area contributed by atoms with Crippen LogP contribution < -0.4 is 5.32 Å². The number of nitrogens with zero attached hydrogens (tertiary/aromatic N) is 1. The SMILES string of the molecule is CC(C)(C)N1C(=O)c2ccc(C(=O)NCCCC3CCOCC3)cc2C1=O. The van der Waals surface area contributed by atoms with Gasteiger partial charge in [-0.15, -0.1) is 0 Å². The van der Waals surface area contributed by atoms with Gasteiger partial charge in [0, 0.05) is 30.9 Å². The zero-order chi connectivity index (χ0) is 19.6. The zero-order valence-electron chi connectivity index (χ0n) is 16.3. The van der Waals surface area contributed by atoms with E-state index in [-0.39, 0.29) is 17.7 Å². The summed E-state index contributed by atoms with van der Waals surface area (Å²) in [5.74, 6) is -0.163. The van der Waals surface area contributed by atoms with Gasteiger partial charge in [0.2, 0.25) is 0 Å². The minimum atomic E-state index is -0.597. The molecule has 6 heteroatoms. The largest absolute Gasteiger partial charge is 0.381 e. The van der Waals surface area contributed by atoms with E-state index in [1.54, 1.807) is 12.1 Å². The first-order valence-corrected chi connectivity index (χ1v) is 9.68. The van der Waals surface area contributed by atoms with Gasteiger partial charge < -0.3 is 10.1 Å². The average Bonchev–Trinajstić information content (AvgIpc) is 2.89. The monoisotopic (exact) mass is 372 g/mol. The molecule has 1 saturated heterocycles. The fraction of sp³-hybridized carbons (Fsp3) is 0.571. The number of hydrogen-bond acceptors (Lipinski definition) is 4. The number of amides is 3. The molecule has 1 N–H and O–H groups in total. The number of rotatable bonds is 5. The first kappa shape index (κ1) is 19.5. The first-order chi connectivity index (χ1) is 12.8. The van der Waals surface area contributed by atoms with Crippen LogP contribution in [0.15, 0.2) is 18.2 Å². The van der Waals surface area contributed by atoms with Crippen molar-refractivity contribution in [1.82, 2.24) is 10.2 Å². The Hall–Kier alpha value is -2.21. The molecule has 3 rings (SSSR count). The molecule has 146 valence electrons. The normalized spacial score (nSPS) is 18.0. The average molecular weight is 372 g/mol. The van der Waals surface area contributed by atoms with E-state index < -0.39 is 5.54 Å². The van der Waals surface area contributed by atoms with Crippen molar-refractivity contribution in [2.75, 3.05) is 19.8 Å². The lowest BCUT2D eigenvalue weighted by molar-refractivity contribution is 0.0507. The number of carbonyl (C=O) groups excluding carboxylic acids is 3. The Kier molecular flexibility index (Phi) is 5.65. The van der Waals surface area contributed by atoms with Crippen LogP contribution in [-0.2, 0) is 4.74 Å². The number of nitrogens with one attached hydrogen (secondary N) is 1. The van der Waals surface area contributed by atoms with Crippen molar-refractivity contribution < 1.29 is 19.1 Å². The van der Waals surface area contributed by atoms with E-state index in [2.05, 4.69) is 5.32 Å². The highest BCUT2D eigenvalue weighted by Crippen LogP contribution is 2.29. The fourth-order valence-corrected chi connectivity index (χ4v) is 3.72. The van der Waals surface area contributed by atoms with E-state index in [1.165, 1.54) is 11.0 Å². The molecule has 0 aromatic heterocycles. The van der Waals surface area contributed by atoms with Crippen LogP contribution in [0.2, 0.25) is 0 Å². The van der Waals surface area contributed by atoms with Crippen molar-refractivity contribution in [2.24, 2.45) is 5.92 Å². The molecule has 2 aliphatic rings. The predicted molar refractivity (Wildman–Crippen MR) is 102 cm³/mol. The van der Waals surface area contributed by atoms with E-state index in [4.69, 9.17) is 4.74 Å². The van der Waals surface area contributed by atoms with Gasteiger partial charge in [0.05, 0.1) is 11.1 Å². The molecule has 1 fully saturated rings. The van der Waals surface area contributed by atoms with E-state index in [0.717, 1.165) is 38.9 Å². The molecule has 1 aromatic carbocycles. The van der Waals surface area contributed by atoms with Gasteiger partial charge in [0.1, 0.15) is 0 Å². The van der Waals surface area contributed by atoms with Crippen molar-refractivity contribution in [3.63, 3.8) is 0 Å². The molecule has 1 aromatic rings.